The van der Waals surface area contributed by atoms with Crippen molar-refractivity contribution >= 4 is 5.91 Å². The molecule has 0 bridgehead atoms. The lowest BCUT2D eigenvalue weighted by Crippen LogP contribution is -2.46. The third-order valence-electron chi connectivity index (χ3n) is 1.98. The average molecular weight is 157 g/mol. The summed E-state index contributed by atoms with van der Waals surface area (Å²) in [5.74, 6) is -0.412. The molecule has 3 nitrogen and oxygen atoms in total. The predicted octanol–water partition coefficient (Wildman–Crippen LogP) is 0.123. The van der Waals surface area contributed by atoms with Gasteiger partial charge in [0.25, 0.3) is 0 Å². The predicted molar refractivity (Wildman–Crippen MR) is 45.8 cm³/mol. The Morgan fingerprint density at radius 3 is 1.91 bits per heavy atom. The van der Waals surface area contributed by atoms with Crippen LogP contribution in [-0.2, 0) is 4.79 Å². The number of primary amides is 1. The molecule has 0 aliphatic heterocycles. The molecule has 1 amide bonds. The summed E-state index contributed by atoms with van der Waals surface area (Å²) in [6, 6.07) is 0.0764. The normalized spacial score (nSPS) is 14.2. The number of nitrogens with two attached hydrogens (primary N) is 1. The number of carbonyl (C=O) groups is 1. The van der Waals surface area contributed by atoms with Crippen molar-refractivity contribution in [3.05, 3.63) is 12.2 Å². The van der Waals surface area contributed by atoms with Gasteiger partial charge in [-0.3, -0.25) is 4.79 Å². The van der Waals surface area contributed by atoms with E-state index in [4.69, 9.17) is 5.73 Å². The molecule has 2 N–H and O–H groups in total. The molecule has 0 aromatic rings. The van der Waals surface area contributed by atoms with Crippen LogP contribution in [0.3, 0.4) is 0 Å². The number of carbonyl (C=O) groups excluding carboxylic acids is 1. The van der Waals surface area contributed by atoms with Crippen LogP contribution in [0, 0.1) is 0 Å². The first kappa shape index (κ1) is 10.2. The highest BCUT2D eigenvalue weighted by atomic mass is 16.1. The Labute approximate surface area is 68.1 Å². The maximum absolute atomic E-state index is 10.7. The van der Waals surface area contributed by atoms with Gasteiger partial charge in [0.1, 0.15) is 6.04 Å². The molecular weight excluding hydrogens is 140 g/mol. The molecule has 0 heterocycles. The summed E-state index contributed by atoms with van der Waals surface area (Å²) in [5.41, 5.74) is 5.57. The van der Waals surface area contributed by atoms with Gasteiger partial charge < -0.3 is 10.2 Å². The highest BCUT2D eigenvalue weighted by Gasteiger charge is 2.24. The topological polar surface area (TPSA) is 43.1 Å². The number of quaternary nitrogens is 1. The Balaban J connectivity index is 4.38. The maximum Gasteiger partial charge on any atom is 0.250 e. The molecule has 0 saturated heterocycles. The van der Waals surface area contributed by atoms with Crippen molar-refractivity contribution in [1.82, 2.24) is 0 Å². The molecule has 0 aromatic heterocycles. The quantitative estimate of drug-likeness (QED) is 0.459. The summed E-state index contributed by atoms with van der Waals surface area (Å²) in [6.45, 7) is 5.57. The molecule has 3 heteroatoms. The van der Waals surface area contributed by atoms with Gasteiger partial charge in [-0.05, 0) is 6.92 Å². The molecule has 0 fully saturated rings. The van der Waals surface area contributed by atoms with E-state index in [1.165, 1.54) is 0 Å². The van der Waals surface area contributed by atoms with Gasteiger partial charge in [-0.15, -0.1) is 0 Å². The van der Waals surface area contributed by atoms with Crippen LogP contribution in [0.15, 0.2) is 12.2 Å². The van der Waals surface area contributed by atoms with E-state index < -0.39 is 5.91 Å². The summed E-state index contributed by atoms with van der Waals surface area (Å²) in [5, 5.41) is 0. The van der Waals surface area contributed by atoms with E-state index in [0.29, 0.717) is 10.1 Å². The molecule has 0 saturated carbocycles. The highest BCUT2D eigenvalue weighted by Crippen LogP contribution is 2.09. The van der Waals surface area contributed by atoms with E-state index in [1.807, 2.05) is 28.1 Å². The summed E-state index contributed by atoms with van der Waals surface area (Å²) in [6.07, 6.45) is 0. The van der Waals surface area contributed by atoms with Gasteiger partial charge in [-0.1, -0.05) is 6.58 Å². The fourth-order valence-corrected chi connectivity index (χ4v) is 0.673. The second-order valence-corrected chi connectivity index (χ2v) is 3.68. The lowest BCUT2D eigenvalue weighted by Gasteiger charge is -2.31. The van der Waals surface area contributed by atoms with Crippen molar-refractivity contribution in [2.45, 2.75) is 13.0 Å². The van der Waals surface area contributed by atoms with Crippen molar-refractivity contribution in [3.63, 3.8) is 0 Å². The zero-order valence-electron chi connectivity index (χ0n) is 7.72. The standard InChI is InChI=1S/C8H16N2O/c1-6(8(9)11)7(2)10(3,4)5/h7H,1H2,2-5H3,(H-,9,11)/p+1. The summed E-state index contributed by atoms with van der Waals surface area (Å²) < 4.78 is 0.668. The number of hydrogen-bond acceptors (Lipinski definition) is 1. The maximum atomic E-state index is 10.7. The lowest BCUT2D eigenvalue weighted by molar-refractivity contribution is -0.887. The second kappa shape index (κ2) is 3.05. The first-order valence-corrected chi connectivity index (χ1v) is 3.56. The van der Waals surface area contributed by atoms with Crippen LogP contribution in [0.4, 0.5) is 0 Å². The lowest BCUT2D eigenvalue weighted by atomic mass is 10.1. The molecular formula is C8H17N2O+. The number of rotatable bonds is 3. The minimum absolute atomic E-state index is 0.0764. The van der Waals surface area contributed by atoms with Crippen molar-refractivity contribution in [3.8, 4) is 0 Å². The van der Waals surface area contributed by atoms with E-state index in [-0.39, 0.29) is 6.04 Å². The van der Waals surface area contributed by atoms with Gasteiger partial charge in [0, 0.05) is 0 Å². The van der Waals surface area contributed by atoms with Gasteiger partial charge in [-0.25, -0.2) is 0 Å². The number of hydrogen-bond donors (Lipinski definition) is 1. The fraction of sp³-hybridized carbons (Fsp3) is 0.625. The van der Waals surface area contributed by atoms with Crippen LogP contribution in [0.2, 0.25) is 0 Å². The van der Waals surface area contributed by atoms with E-state index in [2.05, 4.69) is 6.58 Å². The Bertz CT molecular complexity index is 179. The first-order valence-electron chi connectivity index (χ1n) is 3.56. The number of amides is 1. The van der Waals surface area contributed by atoms with Gasteiger partial charge >= 0.3 is 0 Å². The van der Waals surface area contributed by atoms with E-state index in [0.717, 1.165) is 0 Å². The highest BCUT2D eigenvalue weighted by molar-refractivity contribution is 5.92. The third kappa shape index (κ3) is 2.72. The van der Waals surface area contributed by atoms with Crippen LogP contribution in [0.5, 0.6) is 0 Å². The van der Waals surface area contributed by atoms with Gasteiger partial charge in [0.15, 0.2) is 0 Å². The van der Waals surface area contributed by atoms with Crippen LogP contribution in [-0.4, -0.2) is 37.6 Å². The second-order valence-electron chi connectivity index (χ2n) is 3.68. The van der Waals surface area contributed by atoms with Crippen LogP contribution >= 0.6 is 0 Å². The van der Waals surface area contributed by atoms with Gasteiger partial charge in [0.05, 0.1) is 26.7 Å². The molecule has 11 heavy (non-hydrogen) atoms. The molecule has 0 aliphatic rings. The summed E-state index contributed by atoms with van der Waals surface area (Å²) in [4.78, 5) is 10.7. The van der Waals surface area contributed by atoms with E-state index in [1.54, 1.807) is 0 Å². The molecule has 1 unspecified atom stereocenters. The van der Waals surface area contributed by atoms with Crippen LogP contribution < -0.4 is 5.73 Å². The molecule has 0 radical (unpaired) electrons. The summed E-state index contributed by atoms with van der Waals surface area (Å²) >= 11 is 0. The Hall–Kier alpha value is -0.830. The molecule has 0 spiro atoms. The van der Waals surface area contributed by atoms with Gasteiger partial charge in [0.2, 0.25) is 5.91 Å². The SMILES string of the molecule is C=C(C(N)=O)C(C)[N+](C)(C)C. The Morgan fingerprint density at radius 2 is 1.82 bits per heavy atom. The zero-order chi connectivity index (χ0) is 9.23. The summed E-state index contributed by atoms with van der Waals surface area (Å²) in [7, 11) is 6.00. The molecule has 0 rings (SSSR count). The fourth-order valence-electron chi connectivity index (χ4n) is 0.673. The van der Waals surface area contributed by atoms with Crippen molar-refractivity contribution in [2.75, 3.05) is 21.1 Å². The molecule has 64 valence electrons. The molecule has 1 atom stereocenters. The van der Waals surface area contributed by atoms with Crippen molar-refractivity contribution in [2.24, 2.45) is 5.73 Å². The van der Waals surface area contributed by atoms with Crippen molar-refractivity contribution < 1.29 is 9.28 Å². The average Bonchev–Trinajstić information content (AvgIpc) is 1.82. The van der Waals surface area contributed by atoms with Crippen LogP contribution in [0.1, 0.15) is 6.92 Å². The minimum Gasteiger partial charge on any atom is -0.366 e. The third-order valence-corrected chi connectivity index (χ3v) is 1.98. The largest absolute Gasteiger partial charge is 0.366 e. The van der Waals surface area contributed by atoms with E-state index in [9.17, 15) is 4.79 Å². The van der Waals surface area contributed by atoms with E-state index >= 15 is 0 Å². The Kier molecular flexibility index (Phi) is 2.82. The monoisotopic (exact) mass is 157 g/mol. The first-order chi connectivity index (χ1) is 4.76. The smallest absolute Gasteiger partial charge is 0.250 e. The van der Waals surface area contributed by atoms with Crippen molar-refractivity contribution in [1.29, 1.82) is 0 Å². The van der Waals surface area contributed by atoms with Crippen LogP contribution in [0.25, 0.3) is 0 Å². The number of nitrogens with zero attached hydrogens (tertiary/aromatic N) is 1. The molecule has 0 aromatic carbocycles. The zero-order valence-corrected chi connectivity index (χ0v) is 7.72. The number of likely N-dealkylation sites (N-methyl/N-ethyl adjacent to an activating group) is 1. The minimum atomic E-state index is -0.412. The molecule has 0 aliphatic carbocycles. The van der Waals surface area contributed by atoms with Gasteiger partial charge in [-0.2, -0.15) is 0 Å². The Morgan fingerprint density at radius 1 is 1.45 bits per heavy atom.